The van der Waals surface area contributed by atoms with E-state index in [2.05, 4.69) is 24.9 Å². The van der Waals surface area contributed by atoms with E-state index in [0.717, 1.165) is 15.8 Å². The van der Waals surface area contributed by atoms with E-state index in [0.29, 0.717) is 29.1 Å². The molecule has 32 heavy (non-hydrogen) atoms. The third-order valence-electron chi connectivity index (χ3n) is 5.41. The van der Waals surface area contributed by atoms with Crippen molar-refractivity contribution >= 4 is 32.6 Å². The normalized spacial score (nSPS) is 15.2. The topological polar surface area (TPSA) is 64.6 Å². The molecule has 2 aromatic carbocycles. The third kappa shape index (κ3) is 3.91. The van der Waals surface area contributed by atoms with Crippen molar-refractivity contribution in [2.45, 2.75) is 32.4 Å². The Kier molecular flexibility index (Phi) is 5.49. The fourth-order valence-corrected chi connectivity index (χ4v) is 4.77. The second-order valence-corrected chi connectivity index (χ2v) is 9.00. The minimum atomic E-state index is -0.752. The second kappa shape index (κ2) is 8.59. The van der Waals surface area contributed by atoms with Crippen LogP contribution in [0.25, 0.3) is 10.2 Å². The summed E-state index contributed by atoms with van der Waals surface area (Å²) < 4.78 is 12.9. The van der Waals surface area contributed by atoms with E-state index in [4.69, 9.17) is 14.5 Å². The maximum absolute atomic E-state index is 13.7. The maximum Gasteiger partial charge on any atom is 0.273 e. The maximum atomic E-state index is 13.7. The molecule has 1 unspecified atom stereocenters. The number of hydrogen-bond donors (Lipinski definition) is 0. The number of carbonyl (C=O) groups is 1. The number of nitrogens with zero attached hydrogens (tertiary/aromatic N) is 3. The van der Waals surface area contributed by atoms with Crippen molar-refractivity contribution in [3.05, 3.63) is 78.1 Å². The lowest BCUT2D eigenvalue weighted by Gasteiger charge is -2.29. The van der Waals surface area contributed by atoms with Gasteiger partial charge in [0.25, 0.3) is 5.91 Å². The van der Waals surface area contributed by atoms with E-state index in [1.165, 1.54) is 16.9 Å². The lowest BCUT2D eigenvalue weighted by molar-refractivity contribution is -0.127. The lowest BCUT2D eigenvalue weighted by Crippen LogP contribution is -2.46. The van der Waals surface area contributed by atoms with Gasteiger partial charge >= 0.3 is 0 Å². The molecule has 1 aliphatic rings. The fraction of sp³-hybridized carbons (Fsp3) is 0.240. The van der Waals surface area contributed by atoms with Crippen LogP contribution in [0.15, 0.2) is 67.0 Å². The monoisotopic (exact) mass is 445 g/mol. The number of benzene rings is 2. The number of rotatable bonds is 5. The average molecular weight is 446 g/mol. The summed E-state index contributed by atoms with van der Waals surface area (Å²) in [4.78, 5) is 24.5. The highest BCUT2D eigenvalue weighted by Crippen LogP contribution is 2.36. The van der Waals surface area contributed by atoms with Gasteiger partial charge in [-0.2, -0.15) is 0 Å². The number of thiazole rings is 1. The van der Waals surface area contributed by atoms with Crippen LogP contribution in [-0.2, 0) is 11.3 Å². The van der Waals surface area contributed by atoms with Crippen molar-refractivity contribution < 1.29 is 14.3 Å². The molecule has 0 saturated carbocycles. The summed E-state index contributed by atoms with van der Waals surface area (Å²) in [6, 6.07) is 17.4. The predicted molar refractivity (Wildman–Crippen MR) is 125 cm³/mol. The first kappa shape index (κ1) is 20.5. The average Bonchev–Trinajstić information content (AvgIpc) is 3.26. The molecule has 0 radical (unpaired) electrons. The number of pyridine rings is 1. The molecule has 4 aromatic rings. The SMILES string of the molecule is CC(C)c1cccc2sc(N(Cc3cccnc3)C(=O)C3COc4ccccc4O3)nc12. The van der Waals surface area contributed by atoms with E-state index < -0.39 is 6.10 Å². The molecule has 1 aliphatic heterocycles. The smallest absolute Gasteiger partial charge is 0.273 e. The van der Waals surface area contributed by atoms with Gasteiger partial charge in [0.15, 0.2) is 16.6 Å². The van der Waals surface area contributed by atoms with Gasteiger partial charge in [0.05, 0.1) is 16.8 Å². The molecule has 0 bridgehead atoms. The van der Waals surface area contributed by atoms with Crippen molar-refractivity contribution in [2.75, 3.05) is 11.5 Å². The van der Waals surface area contributed by atoms with Gasteiger partial charge in [0, 0.05) is 12.4 Å². The zero-order valence-corrected chi connectivity index (χ0v) is 18.7. The van der Waals surface area contributed by atoms with E-state index in [-0.39, 0.29) is 12.5 Å². The first-order chi connectivity index (χ1) is 15.6. The molecule has 0 fully saturated rings. The number of amides is 1. The molecule has 0 spiro atoms. The number of ether oxygens (including phenoxy) is 2. The zero-order chi connectivity index (χ0) is 22.1. The number of aromatic nitrogens is 2. The van der Waals surface area contributed by atoms with Gasteiger partial charge in [-0.05, 0) is 41.3 Å². The lowest BCUT2D eigenvalue weighted by atomic mass is 10.0. The number of hydrogen-bond acceptors (Lipinski definition) is 6. The third-order valence-corrected chi connectivity index (χ3v) is 6.45. The van der Waals surface area contributed by atoms with E-state index >= 15 is 0 Å². The molecular formula is C25H23N3O3S. The van der Waals surface area contributed by atoms with Crippen molar-refractivity contribution in [3.8, 4) is 11.5 Å². The van der Waals surface area contributed by atoms with Crippen LogP contribution in [0.2, 0.25) is 0 Å². The van der Waals surface area contributed by atoms with Crippen LogP contribution < -0.4 is 14.4 Å². The summed E-state index contributed by atoms with van der Waals surface area (Å²) in [6.45, 7) is 4.81. The highest BCUT2D eigenvalue weighted by Gasteiger charge is 2.33. The minimum Gasteiger partial charge on any atom is -0.485 e. The van der Waals surface area contributed by atoms with Gasteiger partial charge in [0.2, 0.25) is 6.10 Å². The standard InChI is InChI=1S/C25H23N3O3S/c1-16(2)18-8-5-11-22-23(18)27-25(32-22)28(14-17-7-6-12-26-13-17)24(29)21-15-30-19-9-3-4-10-20(19)31-21/h3-13,16,21H,14-15H2,1-2H3. The van der Waals surface area contributed by atoms with Gasteiger partial charge in [-0.15, -0.1) is 0 Å². The Labute approximate surface area is 190 Å². The van der Waals surface area contributed by atoms with Gasteiger partial charge in [-0.25, -0.2) is 4.98 Å². The molecule has 3 heterocycles. The molecule has 6 nitrogen and oxygen atoms in total. The molecule has 0 saturated heterocycles. The van der Waals surface area contributed by atoms with Crippen LogP contribution in [-0.4, -0.2) is 28.6 Å². The molecule has 5 rings (SSSR count). The molecule has 1 amide bonds. The van der Waals surface area contributed by atoms with Crippen LogP contribution in [0.4, 0.5) is 5.13 Å². The zero-order valence-electron chi connectivity index (χ0n) is 17.9. The Morgan fingerprint density at radius 1 is 1.12 bits per heavy atom. The highest BCUT2D eigenvalue weighted by molar-refractivity contribution is 7.22. The van der Waals surface area contributed by atoms with Crippen LogP contribution >= 0.6 is 11.3 Å². The summed E-state index contributed by atoms with van der Waals surface area (Å²) in [5.74, 6) is 1.37. The van der Waals surface area contributed by atoms with Gasteiger partial charge in [-0.3, -0.25) is 14.7 Å². The number of para-hydroxylation sites is 3. The first-order valence-electron chi connectivity index (χ1n) is 10.6. The highest BCUT2D eigenvalue weighted by atomic mass is 32.1. The Bertz CT molecular complexity index is 1260. The Morgan fingerprint density at radius 2 is 1.97 bits per heavy atom. The summed E-state index contributed by atoms with van der Waals surface area (Å²) in [5.41, 5.74) is 3.03. The first-order valence-corrected chi connectivity index (χ1v) is 11.4. The Balaban J connectivity index is 1.52. The van der Waals surface area contributed by atoms with E-state index in [1.807, 2.05) is 48.5 Å². The Hall–Kier alpha value is -3.45. The van der Waals surface area contributed by atoms with Gasteiger partial charge in [0.1, 0.15) is 6.61 Å². The number of anilines is 1. The molecule has 0 aliphatic carbocycles. The van der Waals surface area contributed by atoms with E-state index in [9.17, 15) is 4.79 Å². The molecule has 2 aromatic heterocycles. The quantitative estimate of drug-likeness (QED) is 0.423. The fourth-order valence-electron chi connectivity index (χ4n) is 3.77. The molecular weight excluding hydrogens is 422 g/mol. The summed E-state index contributed by atoms with van der Waals surface area (Å²) in [5, 5.41) is 0.643. The van der Waals surface area contributed by atoms with Crippen LogP contribution in [0.5, 0.6) is 11.5 Å². The van der Waals surface area contributed by atoms with Crippen molar-refractivity contribution in [1.29, 1.82) is 0 Å². The van der Waals surface area contributed by atoms with Crippen molar-refractivity contribution in [3.63, 3.8) is 0 Å². The number of carbonyl (C=O) groups excluding carboxylic acids is 1. The van der Waals surface area contributed by atoms with Crippen LogP contribution in [0.3, 0.4) is 0 Å². The summed E-state index contributed by atoms with van der Waals surface area (Å²) >= 11 is 1.51. The molecule has 7 heteroatoms. The van der Waals surface area contributed by atoms with E-state index in [1.54, 1.807) is 17.3 Å². The predicted octanol–water partition coefficient (Wildman–Crippen LogP) is 5.19. The molecule has 162 valence electrons. The minimum absolute atomic E-state index is 0.154. The van der Waals surface area contributed by atoms with Crippen molar-refractivity contribution in [1.82, 2.24) is 9.97 Å². The largest absolute Gasteiger partial charge is 0.485 e. The Morgan fingerprint density at radius 3 is 2.75 bits per heavy atom. The second-order valence-electron chi connectivity index (χ2n) is 8.00. The van der Waals surface area contributed by atoms with Crippen LogP contribution in [0, 0.1) is 0 Å². The van der Waals surface area contributed by atoms with Crippen molar-refractivity contribution in [2.24, 2.45) is 0 Å². The van der Waals surface area contributed by atoms with Gasteiger partial charge in [-0.1, -0.05) is 55.5 Å². The summed E-state index contributed by atoms with van der Waals surface area (Å²) in [6.07, 6.45) is 2.73. The number of fused-ring (bicyclic) bond motifs is 2. The molecule has 1 atom stereocenters. The van der Waals surface area contributed by atoms with Crippen LogP contribution in [0.1, 0.15) is 30.9 Å². The summed E-state index contributed by atoms with van der Waals surface area (Å²) in [7, 11) is 0. The molecule has 0 N–H and O–H groups in total. The van der Waals surface area contributed by atoms with Gasteiger partial charge < -0.3 is 9.47 Å².